The largest absolute Gasteiger partial charge is 0.477 e. The third kappa shape index (κ3) is 1.79. The van der Waals surface area contributed by atoms with Crippen LogP contribution >= 0.6 is 0 Å². The van der Waals surface area contributed by atoms with Gasteiger partial charge in [-0.05, 0) is 12.1 Å². The molecular weight excluding hydrogens is 270 g/mol. The van der Waals surface area contributed by atoms with Crippen molar-refractivity contribution in [3.8, 4) is 0 Å². The predicted molar refractivity (Wildman–Crippen MR) is 75.8 cm³/mol. The fourth-order valence-electron chi connectivity index (χ4n) is 2.71. The van der Waals surface area contributed by atoms with E-state index in [-0.39, 0.29) is 11.1 Å². The topological polar surface area (TPSA) is 71.4 Å². The van der Waals surface area contributed by atoms with Gasteiger partial charge in [0.2, 0.25) is 0 Å². The lowest BCUT2D eigenvalue weighted by Gasteiger charge is -2.26. The minimum absolute atomic E-state index is 0.271. The molecule has 0 aliphatic carbocycles. The van der Waals surface area contributed by atoms with Crippen molar-refractivity contribution in [2.75, 3.05) is 6.54 Å². The molecule has 1 aliphatic heterocycles. The Hall–Kier alpha value is -2.79. The Kier molecular flexibility index (Phi) is 2.92. The quantitative estimate of drug-likeness (QED) is 0.691. The third-order valence-corrected chi connectivity index (χ3v) is 3.65. The van der Waals surface area contributed by atoms with Gasteiger partial charge in [-0.25, -0.2) is 14.4 Å². The van der Waals surface area contributed by atoms with E-state index in [2.05, 4.69) is 0 Å². The van der Waals surface area contributed by atoms with Gasteiger partial charge in [0.15, 0.2) is 6.54 Å². The Balaban J connectivity index is 2.26. The summed E-state index contributed by atoms with van der Waals surface area (Å²) in [4.78, 5) is 36.8. The Morgan fingerprint density at radius 1 is 0.857 bits per heavy atom. The number of benzene rings is 2. The van der Waals surface area contributed by atoms with Gasteiger partial charge in [-0.1, -0.05) is 30.3 Å². The van der Waals surface area contributed by atoms with Gasteiger partial charge in [0.05, 0.1) is 11.1 Å². The van der Waals surface area contributed by atoms with Crippen molar-refractivity contribution < 1.29 is 19.5 Å². The Labute approximate surface area is 120 Å². The molecule has 0 fully saturated rings. The molecule has 104 valence electrons. The SMILES string of the molecule is O=C(O)C[N+]1(c2ccccc2)C(=O)c2ccccc2C1=O. The predicted octanol–water partition coefficient (Wildman–Crippen LogP) is 2.07. The summed E-state index contributed by atoms with van der Waals surface area (Å²) in [5.74, 6) is -2.19. The average molecular weight is 282 g/mol. The Morgan fingerprint density at radius 2 is 1.33 bits per heavy atom. The first-order chi connectivity index (χ1) is 10.1. The number of carbonyl (C=O) groups is 3. The molecule has 5 heteroatoms. The molecule has 3 rings (SSSR count). The first kappa shape index (κ1) is 13.2. The summed E-state index contributed by atoms with van der Waals surface area (Å²) in [5, 5.41) is 9.19. The molecule has 1 aliphatic rings. The lowest BCUT2D eigenvalue weighted by Crippen LogP contribution is -2.57. The van der Waals surface area contributed by atoms with Gasteiger partial charge < -0.3 is 5.11 Å². The summed E-state index contributed by atoms with van der Waals surface area (Å²) in [6.45, 7) is -0.601. The second-order valence-electron chi connectivity index (χ2n) is 4.85. The summed E-state index contributed by atoms with van der Waals surface area (Å²) in [6, 6.07) is 14.8. The van der Waals surface area contributed by atoms with Crippen LogP contribution in [-0.4, -0.2) is 29.4 Å². The number of carboxylic acid groups (broad SMARTS) is 1. The highest BCUT2D eigenvalue weighted by Gasteiger charge is 2.56. The van der Waals surface area contributed by atoms with Crippen LogP contribution in [0.4, 0.5) is 5.69 Å². The van der Waals surface area contributed by atoms with Gasteiger partial charge in [-0.3, -0.25) is 0 Å². The number of hydrogen-bond acceptors (Lipinski definition) is 3. The summed E-state index contributed by atoms with van der Waals surface area (Å²) >= 11 is 0. The van der Waals surface area contributed by atoms with E-state index < -0.39 is 28.8 Å². The highest BCUT2D eigenvalue weighted by molar-refractivity contribution is 6.30. The van der Waals surface area contributed by atoms with E-state index in [1.807, 2.05) is 0 Å². The Morgan fingerprint density at radius 3 is 1.81 bits per heavy atom. The van der Waals surface area contributed by atoms with E-state index >= 15 is 0 Å². The number of rotatable bonds is 3. The molecule has 2 aromatic rings. The fraction of sp³-hybridized carbons (Fsp3) is 0.0625. The van der Waals surface area contributed by atoms with Gasteiger partial charge in [0.25, 0.3) is 0 Å². The molecule has 1 heterocycles. The van der Waals surface area contributed by atoms with E-state index in [0.29, 0.717) is 5.69 Å². The van der Waals surface area contributed by atoms with Crippen molar-refractivity contribution in [1.82, 2.24) is 4.48 Å². The van der Waals surface area contributed by atoms with Crippen LogP contribution < -0.4 is 4.48 Å². The summed E-state index contributed by atoms with van der Waals surface area (Å²) in [7, 11) is 0. The van der Waals surface area contributed by atoms with Crippen molar-refractivity contribution >= 4 is 23.5 Å². The maximum Gasteiger partial charge on any atom is 0.360 e. The number of fused-ring (bicyclic) bond motifs is 1. The van der Waals surface area contributed by atoms with E-state index in [9.17, 15) is 19.5 Å². The normalized spacial score (nSPS) is 15.8. The lowest BCUT2D eigenvalue weighted by molar-refractivity contribution is -0.137. The molecule has 5 nitrogen and oxygen atoms in total. The fourth-order valence-corrected chi connectivity index (χ4v) is 2.71. The van der Waals surface area contributed by atoms with Gasteiger partial charge in [-0.15, -0.1) is 4.48 Å². The van der Waals surface area contributed by atoms with Crippen molar-refractivity contribution in [3.05, 3.63) is 65.7 Å². The van der Waals surface area contributed by atoms with Crippen molar-refractivity contribution in [1.29, 1.82) is 0 Å². The number of quaternary nitrogens is 1. The van der Waals surface area contributed by atoms with Crippen molar-refractivity contribution in [3.63, 3.8) is 0 Å². The molecule has 0 aromatic heterocycles. The first-order valence-electron chi connectivity index (χ1n) is 6.41. The van der Waals surface area contributed by atoms with Gasteiger partial charge >= 0.3 is 17.8 Å². The summed E-state index contributed by atoms with van der Waals surface area (Å²) in [6.07, 6.45) is 0. The molecule has 0 bridgehead atoms. The van der Waals surface area contributed by atoms with E-state index in [1.54, 1.807) is 54.6 Å². The molecule has 0 saturated carbocycles. The summed E-state index contributed by atoms with van der Waals surface area (Å²) in [5.41, 5.74) is 0.909. The number of nitrogens with zero attached hydrogens (tertiary/aromatic N) is 1. The van der Waals surface area contributed by atoms with Crippen LogP contribution in [0, 0.1) is 0 Å². The van der Waals surface area contributed by atoms with E-state index in [0.717, 1.165) is 0 Å². The van der Waals surface area contributed by atoms with Crippen molar-refractivity contribution in [2.24, 2.45) is 0 Å². The van der Waals surface area contributed by atoms with Crippen LogP contribution in [0.5, 0.6) is 0 Å². The zero-order valence-corrected chi connectivity index (χ0v) is 11.0. The van der Waals surface area contributed by atoms with Crippen molar-refractivity contribution in [2.45, 2.75) is 0 Å². The van der Waals surface area contributed by atoms with Crippen LogP contribution in [0.2, 0.25) is 0 Å². The molecule has 21 heavy (non-hydrogen) atoms. The van der Waals surface area contributed by atoms with Crippen LogP contribution in [0.15, 0.2) is 54.6 Å². The number of carboxylic acids is 1. The number of carbonyl (C=O) groups excluding carboxylic acids is 2. The minimum Gasteiger partial charge on any atom is -0.477 e. The van der Waals surface area contributed by atoms with E-state index in [4.69, 9.17) is 0 Å². The van der Waals surface area contributed by atoms with Gasteiger partial charge in [-0.2, -0.15) is 0 Å². The third-order valence-electron chi connectivity index (χ3n) is 3.65. The van der Waals surface area contributed by atoms with Crippen LogP contribution in [0.3, 0.4) is 0 Å². The van der Waals surface area contributed by atoms with Crippen LogP contribution in [0.1, 0.15) is 20.7 Å². The summed E-state index contributed by atoms with van der Waals surface area (Å²) < 4.78 is -0.824. The molecule has 0 atom stereocenters. The standard InChI is InChI=1S/C16H11NO4/c18-14(19)10-17(11-6-2-1-3-7-11)15(20)12-8-4-5-9-13(12)16(17)21/h1-9H,10H2/p+1. The Bertz CT molecular complexity index is 717. The van der Waals surface area contributed by atoms with Crippen LogP contribution in [-0.2, 0) is 4.79 Å². The molecule has 2 aromatic carbocycles. The van der Waals surface area contributed by atoms with Gasteiger partial charge in [0.1, 0.15) is 5.69 Å². The van der Waals surface area contributed by atoms with Gasteiger partial charge in [0, 0.05) is 12.1 Å². The molecule has 0 unspecified atom stereocenters. The molecule has 1 N–H and O–H groups in total. The molecule has 2 amide bonds. The average Bonchev–Trinajstić information content (AvgIpc) is 2.71. The number of aliphatic carboxylic acids is 1. The number of hydrogen-bond donors (Lipinski definition) is 1. The maximum atomic E-state index is 12.8. The van der Waals surface area contributed by atoms with E-state index in [1.165, 1.54) is 0 Å². The zero-order valence-electron chi connectivity index (χ0n) is 11.0. The molecule has 0 saturated heterocycles. The maximum absolute atomic E-state index is 12.8. The molecule has 0 radical (unpaired) electrons. The first-order valence-corrected chi connectivity index (χ1v) is 6.41. The second kappa shape index (κ2) is 4.64. The number of para-hydroxylation sites is 1. The highest BCUT2D eigenvalue weighted by atomic mass is 16.4. The second-order valence-corrected chi connectivity index (χ2v) is 4.85. The minimum atomic E-state index is -1.20. The van der Waals surface area contributed by atoms with Crippen LogP contribution in [0.25, 0.3) is 0 Å². The zero-order chi connectivity index (χ0) is 15.0. The monoisotopic (exact) mass is 282 g/mol. The number of imide groups is 1. The number of amides is 2. The smallest absolute Gasteiger partial charge is 0.360 e. The molecular formula is C16H12NO4+. The highest BCUT2D eigenvalue weighted by Crippen LogP contribution is 2.35. The molecule has 0 spiro atoms. The lowest BCUT2D eigenvalue weighted by atomic mass is 10.1.